The third-order valence-electron chi connectivity index (χ3n) is 4.95. The van der Waals surface area contributed by atoms with Gasteiger partial charge in [0.1, 0.15) is 0 Å². The van der Waals surface area contributed by atoms with Gasteiger partial charge >= 0.3 is 0 Å². The summed E-state index contributed by atoms with van der Waals surface area (Å²) in [6.45, 7) is 9.37. The third kappa shape index (κ3) is 5.95. The minimum atomic E-state index is -0.889. The van der Waals surface area contributed by atoms with Gasteiger partial charge in [0.05, 0.1) is 11.6 Å². The number of hydrogen-bond acceptors (Lipinski definition) is 3. The lowest BCUT2D eigenvalue weighted by Gasteiger charge is -2.37. The molecular weight excluding hydrogens is 264 g/mol. The molecule has 4 atom stereocenters. The molecule has 1 aliphatic rings. The molecule has 124 valence electrons. The van der Waals surface area contributed by atoms with Gasteiger partial charge in [0.15, 0.2) is 0 Å². The molecule has 21 heavy (non-hydrogen) atoms. The van der Waals surface area contributed by atoms with E-state index in [-0.39, 0.29) is 0 Å². The van der Waals surface area contributed by atoms with Crippen LogP contribution >= 0.6 is 0 Å². The second-order valence-electron chi connectivity index (χ2n) is 7.47. The van der Waals surface area contributed by atoms with Crippen molar-refractivity contribution in [1.29, 1.82) is 0 Å². The number of rotatable bonds is 8. The van der Waals surface area contributed by atoms with Gasteiger partial charge in [0, 0.05) is 6.61 Å². The average molecular weight is 298 g/mol. The van der Waals surface area contributed by atoms with Crippen molar-refractivity contribution in [3.05, 3.63) is 0 Å². The predicted octanol–water partition coefficient (Wildman–Crippen LogP) is 2.84. The molecule has 1 saturated carbocycles. The maximum atomic E-state index is 11.2. The maximum absolute atomic E-state index is 11.2. The Bertz CT molecular complexity index is 329. The summed E-state index contributed by atoms with van der Waals surface area (Å²) < 4.78 is 6.15. The molecule has 0 aromatic carbocycles. The van der Waals surface area contributed by atoms with E-state index in [4.69, 9.17) is 16.2 Å². The van der Waals surface area contributed by atoms with E-state index in [2.05, 4.69) is 20.8 Å². The quantitative estimate of drug-likeness (QED) is 0.676. The van der Waals surface area contributed by atoms with Gasteiger partial charge in [-0.3, -0.25) is 4.79 Å². The van der Waals surface area contributed by atoms with Crippen LogP contribution in [0.1, 0.15) is 66.2 Å². The fraction of sp³-hybridized carbons (Fsp3) is 0.941. The number of nitrogens with two attached hydrogens (primary N) is 2. The molecule has 1 amide bonds. The monoisotopic (exact) mass is 298 g/mol. The largest absolute Gasteiger partial charge is 0.378 e. The first-order valence-corrected chi connectivity index (χ1v) is 8.44. The van der Waals surface area contributed by atoms with E-state index < -0.39 is 11.4 Å². The average Bonchev–Trinajstić information content (AvgIpc) is 2.37. The lowest BCUT2D eigenvalue weighted by molar-refractivity contribution is -0.122. The van der Waals surface area contributed by atoms with Crippen LogP contribution in [-0.4, -0.2) is 24.2 Å². The summed E-state index contributed by atoms with van der Waals surface area (Å²) in [5.74, 6) is 1.72. The number of unbranched alkanes of at least 4 members (excludes halogenated alkanes) is 1. The van der Waals surface area contributed by atoms with Crippen molar-refractivity contribution in [1.82, 2.24) is 0 Å². The minimum absolute atomic E-state index is 0.397. The molecule has 0 spiro atoms. The zero-order chi connectivity index (χ0) is 16.0. The number of primary amides is 1. The van der Waals surface area contributed by atoms with E-state index in [0.29, 0.717) is 24.4 Å². The van der Waals surface area contributed by atoms with Gasteiger partial charge in [-0.05, 0) is 56.8 Å². The van der Waals surface area contributed by atoms with Gasteiger partial charge in [-0.25, -0.2) is 0 Å². The summed E-state index contributed by atoms with van der Waals surface area (Å²) in [5.41, 5.74) is 10.2. The summed E-state index contributed by atoms with van der Waals surface area (Å²) in [4.78, 5) is 11.2. The van der Waals surface area contributed by atoms with Crippen LogP contribution in [-0.2, 0) is 9.53 Å². The van der Waals surface area contributed by atoms with Crippen LogP contribution in [0.15, 0.2) is 0 Å². The van der Waals surface area contributed by atoms with Gasteiger partial charge in [-0.1, -0.05) is 27.2 Å². The minimum Gasteiger partial charge on any atom is -0.378 e. The number of carbonyl (C=O) groups excluding carboxylic acids is 1. The van der Waals surface area contributed by atoms with Crippen molar-refractivity contribution in [3.63, 3.8) is 0 Å². The highest BCUT2D eigenvalue weighted by Gasteiger charge is 2.31. The fourth-order valence-corrected chi connectivity index (χ4v) is 3.26. The Kier molecular flexibility index (Phi) is 7.14. The molecule has 1 fully saturated rings. The van der Waals surface area contributed by atoms with Gasteiger partial charge in [-0.15, -0.1) is 0 Å². The highest BCUT2D eigenvalue weighted by atomic mass is 16.5. The van der Waals surface area contributed by atoms with E-state index >= 15 is 0 Å². The Morgan fingerprint density at radius 2 is 2.00 bits per heavy atom. The molecule has 4 heteroatoms. The first-order valence-electron chi connectivity index (χ1n) is 8.44. The molecule has 0 aliphatic heterocycles. The molecule has 0 saturated heterocycles. The van der Waals surface area contributed by atoms with Crippen molar-refractivity contribution in [2.24, 2.45) is 29.2 Å². The second kappa shape index (κ2) is 8.14. The van der Waals surface area contributed by atoms with Crippen LogP contribution in [0.3, 0.4) is 0 Å². The molecule has 0 aromatic rings. The van der Waals surface area contributed by atoms with Crippen molar-refractivity contribution in [2.75, 3.05) is 6.61 Å². The normalized spacial score (nSPS) is 29.3. The number of amides is 1. The molecule has 4 nitrogen and oxygen atoms in total. The van der Waals surface area contributed by atoms with E-state index in [1.54, 1.807) is 6.92 Å². The first kappa shape index (κ1) is 18.4. The van der Waals surface area contributed by atoms with Crippen LogP contribution in [0.5, 0.6) is 0 Å². The van der Waals surface area contributed by atoms with E-state index in [1.807, 2.05) is 0 Å². The van der Waals surface area contributed by atoms with Crippen LogP contribution in [0.2, 0.25) is 0 Å². The standard InChI is InChI=1S/C17H34N2O2/c1-12(2)14-8-7-13(3)11-15(14)21-10-6-5-9-17(4,19)16(18)20/h12-15H,5-11,19H2,1-4H3,(H2,18,20). The van der Waals surface area contributed by atoms with Crippen molar-refractivity contribution >= 4 is 5.91 Å². The first-order chi connectivity index (χ1) is 9.74. The van der Waals surface area contributed by atoms with E-state index in [1.165, 1.54) is 19.3 Å². The Labute approximate surface area is 130 Å². The molecule has 0 aromatic heterocycles. The Hall–Kier alpha value is -0.610. The Morgan fingerprint density at radius 3 is 2.57 bits per heavy atom. The highest BCUT2D eigenvalue weighted by molar-refractivity contribution is 5.83. The molecule has 1 aliphatic carbocycles. The maximum Gasteiger partial charge on any atom is 0.237 e. The van der Waals surface area contributed by atoms with Gasteiger partial charge < -0.3 is 16.2 Å². The summed E-state index contributed by atoms with van der Waals surface area (Å²) in [7, 11) is 0. The Balaban J connectivity index is 2.28. The second-order valence-corrected chi connectivity index (χ2v) is 7.47. The summed E-state index contributed by atoms with van der Waals surface area (Å²) in [5, 5.41) is 0. The van der Waals surface area contributed by atoms with E-state index in [9.17, 15) is 4.79 Å². The number of hydrogen-bond donors (Lipinski definition) is 2. The molecule has 0 radical (unpaired) electrons. The molecule has 0 bridgehead atoms. The van der Waals surface area contributed by atoms with Crippen molar-refractivity contribution < 1.29 is 9.53 Å². The third-order valence-corrected chi connectivity index (χ3v) is 4.95. The van der Waals surface area contributed by atoms with E-state index in [0.717, 1.165) is 25.4 Å². The highest BCUT2D eigenvalue weighted by Crippen LogP contribution is 2.35. The fourth-order valence-electron chi connectivity index (χ4n) is 3.26. The smallest absolute Gasteiger partial charge is 0.237 e. The SMILES string of the molecule is CC1CCC(C(C)C)C(OCCCCC(C)(N)C(N)=O)C1. The van der Waals surface area contributed by atoms with Crippen LogP contribution in [0.4, 0.5) is 0 Å². The van der Waals surface area contributed by atoms with Gasteiger partial charge in [0.2, 0.25) is 5.91 Å². The topological polar surface area (TPSA) is 78.3 Å². The molecule has 0 heterocycles. The summed E-state index contributed by atoms with van der Waals surface area (Å²) in [6.07, 6.45) is 6.63. The van der Waals surface area contributed by atoms with Crippen molar-refractivity contribution in [3.8, 4) is 0 Å². The molecule has 4 N–H and O–H groups in total. The predicted molar refractivity (Wildman–Crippen MR) is 86.7 cm³/mol. The molecular formula is C17H34N2O2. The summed E-state index contributed by atoms with van der Waals surface area (Å²) >= 11 is 0. The molecule has 4 unspecified atom stereocenters. The lowest BCUT2D eigenvalue weighted by atomic mass is 9.75. The van der Waals surface area contributed by atoms with Crippen LogP contribution in [0, 0.1) is 17.8 Å². The zero-order valence-corrected chi connectivity index (χ0v) is 14.2. The lowest BCUT2D eigenvalue weighted by Crippen LogP contribution is -2.49. The number of carbonyl (C=O) groups is 1. The van der Waals surface area contributed by atoms with Gasteiger partial charge in [0.25, 0.3) is 0 Å². The Morgan fingerprint density at radius 1 is 1.33 bits per heavy atom. The summed E-state index contributed by atoms with van der Waals surface area (Å²) in [6, 6.07) is 0. The molecule has 1 rings (SSSR count). The van der Waals surface area contributed by atoms with Gasteiger partial charge in [-0.2, -0.15) is 0 Å². The zero-order valence-electron chi connectivity index (χ0n) is 14.2. The van der Waals surface area contributed by atoms with Crippen LogP contribution in [0.25, 0.3) is 0 Å². The number of ether oxygens (including phenoxy) is 1. The van der Waals surface area contributed by atoms with Crippen molar-refractivity contribution in [2.45, 2.75) is 77.9 Å². The van der Waals surface area contributed by atoms with Crippen LogP contribution < -0.4 is 11.5 Å².